The molecule has 1 atom stereocenters. The van der Waals surface area contributed by atoms with Crippen LogP contribution < -0.4 is 0 Å². The second-order valence-corrected chi connectivity index (χ2v) is 8.04. The van der Waals surface area contributed by atoms with Gasteiger partial charge in [-0.1, -0.05) is 40.0 Å². The molecule has 0 saturated heterocycles. The van der Waals surface area contributed by atoms with E-state index in [0.717, 1.165) is 0 Å². The van der Waals surface area contributed by atoms with Crippen LogP contribution in [0.5, 0.6) is 0 Å². The molecule has 1 aliphatic carbocycles. The topological polar surface area (TPSA) is 26.3 Å². The van der Waals surface area contributed by atoms with Gasteiger partial charge >= 0.3 is 0 Å². The normalized spacial score (nSPS) is 20.3. The highest BCUT2D eigenvalue weighted by Crippen LogP contribution is 2.33. The smallest absolute Gasteiger partial charge is 0.140 e. The van der Waals surface area contributed by atoms with E-state index < -0.39 is 0 Å². The first-order chi connectivity index (χ1) is 8.59. The molecular weight excluding hydrogens is 236 g/mol. The minimum absolute atomic E-state index is 0.104. The Balaban J connectivity index is 2.71. The Kier molecular flexibility index (Phi) is 5.61. The van der Waals surface area contributed by atoms with Crippen molar-refractivity contribution in [3.8, 4) is 0 Å². The molecule has 0 aromatic heterocycles. The van der Waals surface area contributed by atoms with Gasteiger partial charge in [-0.3, -0.25) is 4.79 Å². The lowest BCUT2D eigenvalue weighted by molar-refractivity contribution is -0.137. The van der Waals surface area contributed by atoms with Crippen molar-refractivity contribution in [1.82, 2.24) is 0 Å². The molecule has 2 heteroatoms. The number of hydrogen-bond acceptors (Lipinski definition) is 2. The summed E-state index contributed by atoms with van der Waals surface area (Å²) in [5.41, 5.74) is -0.422. The summed E-state index contributed by atoms with van der Waals surface area (Å²) in [7, 11) is 0. The largest absolute Gasteiger partial charge is 0.372 e. The van der Waals surface area contributed by atoms with E-state index in [2.05, 4.69) is 20.8 Å². The van der Waals surface area contributed by atoms with E-state index in [1.54, 1.807) is 0 Å². The van der Waals surface area contributed by atoms with Crippen LogP contribution in [0.3, 0.4) is 0 Å². The number of rotatable bonds is 4. The molecule has 2 nitrogen and oxygen atoms in total. The van der Waals surface area contributed by atoms with Gasteiger partial charge in [-0.15, -0.1) is 0 Å². The summed E-state index contributed by atoms with van der Waals surface area (Å²) >= 11 is 0. The lowest BCUT2D eigenvalue weighted by Crippen LogP contribution is -2.37. The van der Waals surface area contributed by atoms with Crippen LogP contribution in [-0.2, 0) is 9.53 Å². The molecule has 0 aromatic rings. The van der Waals surface area contributed by atoms with E-state index in [1.807, 2.05) is 20.8 Å². The molecule has 1 aliphatic rings. The molecule has 0 aromatic carbocycles. The third-order valence-corrected chi connectivity index (χ3v) is 3.90. The summed E-state index contributed by atoms with van der Waals surface area (Å²) in [6, 6.07) is 0. The fourth-order valence-corrected chi connectivity index (χ4v) is 2.75. The van der Waals surface area contributed by atoms with Gasteiger partial charge in [-0.25, -0.2) is 0 Å². The highest BCUT2D eigenvalue weighted by molar-refractivity contribution is 5.84. The number of ether oxygens (including phenoxy) is 1. The lowest BCUT2D eigenvalue weighted by Gasteiger charge is -2.36. The summed E-state index contributed by atoms with van der Waals surface area (Å²) in [6.45, 7) is 12.3. The van der Waals surface area contributed by atoms with Crippen molar-refractivity contribution in [2.45, 2.75) is 91.8 Å². The van der Waals surface area contributed by atoms with E-state index in [1.165, 1.54) is 32.1 Å². The van der Waals surface area contributed by atoms with Gasteiger partial charge in [0.05, 0.1) is 11.7 Å². The molecule has 0 N–H and O–H groups in total. The summed E-state index contributed by atoms with van der Waals surface area (Å²) in [6.07, 6.45) is 7.04. The minimum Gasteiger partial charge on any atom is -0.372 e. The number of hydrogen-bond donors (Lipinski definition) is 0. The summed E-state index contributed by atoms with van der Waals surface area (Å²) in [4.78, 5) is 12.3. The average molecular weight is 268 g/mol. The highest BCUT2D eigenvalue weighted by atomic mass is 16.5. The molecule has 1 fully saturated rings. The molecule has 0 heterocycles. The first-order valence-electron chi connectivity index (χ1n) is 7.81. The molecule has 112 valence electrons. The van der Waals surface area contributed by atoms with Gasteiger partial charge in [0.25, 0.3) is 0 Å². The third-order valence-electron chi connectivity index (χ3n) is 3.90. The maximum atomic E-state index is 12.3. The molecule has 0 radical (unpaired) electrons. The van der Waals surface area contributed by atoms with Crippen LogP contribution >= 0.6 is 0 Å². The molecule has 0 aliphatic heterocycles. The number of carbonyl (C=O) groups excluding carboxylic acids is 1. The maximum absolute atomic E-state index is 12.3. The fraction of sp³-hybridized carbons (Fsp3) is 0.941. The van der Waals surface area contributed by atoms with E-state index in [-0.39, 0.29) is 17.1 Å². The summed E-state index contributed by atoms with van der Waals surface area (Å²) in [5, 5.41) is 0. The number of ketones is 1. The van der Waals surface area contributed by atoms with Crippen LogP contribution in [0.2, 0.25) is 0 Å². The van der Waals surface area contributed by atoms with Crippen molar-refractivity contribution in [3.05, 3.63) is 0 Å². The van der Waals surface area contributed by atoms with Crippen molar-refractivity contribution in [3.63, 3.8) is 0 Å². The Morgan fingerprint density at radius 3 is 2.00 bits per heavy atom. The first kappa shape index (κ1) is 16.7. The zero-order valence-corrected chi connectivity index (χ0v) is 13.7. The van der Waals surface area contributed by atoms with Crippen molar-refractivity contribution in [1.29, 1.82) is 0 Å². The lowest BCUT2D eigenvalue weighted by atomic mass is 9.79. The molecule has 0 spiro atoms. The van der Waals surface area contributed by atoms with Crippen LogP contribution in [0.15, 0.2) is 0 Å². The molecule has 1 saturated carbocycles. The van der Waals surface area contributed by atoms with Gasteiger partial charge in [-0.05, 0) is 39.5 Å². The second-order valence-electron chi connectivity index (χ2n) is 8.04. The first-order valence-corrected chi connectivity index (χ1v) is 7.81. The van der Waals surface area contributed by atoms with E-state index in [4.69, 9.17) is 4.74 Å². The minimum atomic E-state index is -0.256. The predicted molar refractivity (Wildman–Crippen MR) is 80.3 cm³/mol. The zero-order chi connectivity index (χ0) is 14.7. The van der Waals surface area contributed by atoms with Crippen LogP contribution in [0.1, 0.15) is 80.1 Å². The van der Waals surface area contributed by atoms with Crippen molar-refractivity contribution in [2.24, 2.45) is 11.3 Å². The Labute approximate surface area is 119 Å². The molecule has 1 rings (SSSR count). The predicted octanol–water partition coefficient (Wildman–Crippen LogP) is 4.76. The average Bonchev–Trinajstić information content (AvgIpc) is 2.26. The summed E-state index contributed by atoms with van der Waals surface area (Å²) < 4.78 is 6.22. The molecular formula is C17H32O2. The standard InChI is InChI=1S/C17H32O2/c1-16(2,3)15(18)12-14(19-17(4,5)6)13-10-8-7-9-11-13/h13-14H,7-12H2,1-6H3. The van der Waals surface area contributed by atoms with Crippen molar-refractivity contribution in [2.75, 3.05) is 0 Å². The van der Waals surface area contributed by atoms with Gasteiger partial charge in [0, 0.05) is 11.8 Å². The van der Waals surface area contributed by atoms with E-state index in [0.29, 0.717) is 18.1 Å². The molecule has 1 unspecified atom stereocenters. The third kappa shape index (κ3) is 6.07. The van der Waals surface area contributed by atoms with E-state index in [9.17, 15) is 4.79 Å². The van der Waals surface area contributed by atoms with E-state index >= 15 is 0 Å². The van der Waals surface area contributed by atoms with Crippen LogP contribution in [-0.4, -0.2) is 17.5 Å². The molecule has 0 amide bonds. The van der Waals surface area contributed by atoms with Crippen molar-refractivity contribution < 1.29 is 9.53 Å². The maximum Gasteiger partial charge on any atom is 0.140 e. The monoisotopic (exact) mass is 268 g/mol. The SMILES string of the molecule is CC(C)(C)OC(CC(=O)C(C)(C)C)C1CCCCC1. The fourth-order valence-electron chi connectivity index (χ4n) is 2.75. The summed E-state index contributed by atoms with van der Waals surface area (Å²) in [5.74, 6) is 0.895. The Morgan fingerprint density at radius 1 is 1.05 bits per heavy atom. The van der Waals surface area contributed by atoms with Gasteiger partial charge in [0.15, 0.2) is 0 Å². The quantitative estimate of drug-likeness (QED) is 0.735. The Hall–Kier alpha value is -0.370. The Morgan fingerprint density at radius 2 is 1.58 bits per heavy atom. The van der Waals surface area contributed by atoms with Crippen LogP contribution in [0.25, 0.3) is 0 Å². The number of Topliss-reactive ketones (excluding diaryl/α,β-unsaturated/α-hetero) is 1. The highest BCUT2D eigenvalue weighted by Gasteiger charge is 2.33. The van der Waals surface area contributed by atoms with Gasteiger partial charge in [0.1, 0.15) is 5.78 Å². The molecule has 19 heavy (non-hydrogen) atoms. The zero-order valence-electron chi connectivity index (χ0n) is 13.7. The van der Waals surface area contributed by atoms with Crippen LogP contribution in [0, 0.1) is 11.3 Å². The van der Waals surface area contributed by atoms with Gasteiger partial charge in [0.2, 0.25) is 0 Å². The molecule has 0 bridgehead atoms. The Bertz CT molecular complexity index is 287. The van der Waals surface area contributed by atoms with Crippen LogP contribution in [0.4, 0.5) is 0 Å². The van der Waals surface area contributed by atoms with Gasteiger partial charge < -0.3 is 4.74 Å². The second kappa shape index (κ2) is 6.39. The van der Waals surface area contributed by atoms with Crippen molar-refractivity contribution >= 4 is 5.78 Å². The number of carbonyl (C=O) groups is 1. The van der Waals surface area contributed by atoms with Gasteiger partial charge in [-0.2, -0.15) is 0 Å².